The maximum atomic E-state index is 13.3. The zero-order valence-corrected chi connectivity index (χ0v) is 24.1. The van der Waals surface area contributed by atoms with Crippen molar-refractivity contribution in [2.45, 2.75) is 82.7 Å². The lowest BCUT2D eigenvalue weighted by Gasteiger charge is -2.37. The second-order valence-electron chi connectivity index (χ2n) is 10.7. The number of rotatable bonds is 16. The van der Waals surface area contributed by atoms with Crippen LogP contribution in [0.1, 0.15) is 73.4 Å². The van der Waals surface area contributed by atoms with Gasteiger partial charge in [0.25, 0.3) is 5.91 Å². The Balaban J connectivity index is 1.35. The van der Waals surface area contributed by atoms with Crippen molar-refractivity contribution in [3.63, 3.8) is 0 Å². The Morgan fingerprint density at radius 3 is 2.27 bits per heavy atom. The maximum absolute atomic E-state index is 13.3. The van der Waals surface area contributed by atoms with E-state index in [-0.39, 0.29) is 42.5 Å². The van der Waals surface area contributed by atoms with Gasteiger partial charge in [-0.25, -0.2) is 8.78 Å². The molecule has 3 rings (SSSR count). The van der Waals surface area contributed by atoms with E-state index >= 15 is 0 Å². The third kappa shape index (κ3) is 9.99. The van der Waals surface area contributed by atoms with Crippen LogP contribution in [0.4, 0.5) is 17.6 Å². The van der Waals surface area contributed by atoms with Crippen LogP contribution in [-0.4, -0.2) is 67.8 Å². The summed E-state index contributed by atoms with van der Waals surface area (Å²) in [7, 11) is -1.30. The number of phenolic OH excluding ortho intramolecular Hbond substituents is 2. The number of aromatic hydroxyl groups is 2. The smallest absolute Gasteiger partial charge is 0.309 e. The first-order chi connectivity index (χ1) is 19.4. The largest absolute Gasteiger partial charge is 0.508 e. The Morgan fingerprint density at radius 1 is 0.927 bits per heavy atom. The van der Waals surface area contributed by atoms with E-state index in [1.54, 1.807) is 29.2 Å². The minimum Gasteiger partial charge on any atom is -0.508 e. The van der Waals surface area contributed by atoms with Gasteiger partial charge >= 0.3 is 11.8 Å². The highest BCUT2D eigenvalue weighted by atomic mass is 32.2. The minimum atomic E-state index is -4.08. The monoisotopic (exact) mass is 601 g/mol. The van der Waals surface area contributed by atoms with Crippen LogP contribution >= 0.6 is 0 Å². The summed E-state index contributed by atoms with van der Waals surface area (Å²) in [6.07, 6.45) is 3.46. The van der Waals surface area contributed by atoms with E-state index in [0.29, 0.717) is 43.9 Å². The Kier molecular flexibility index (Phi) is 12.0. The average Bonchev–Trinajstić information content (AvgIpc) is 2.91. The van der Waals surface area contributed by atoms with E-state index in [2.05, 4.69) is 0 Å². The van der Waals surface area contributed by atoms with Crippen LogP contribution in [-0.2, 0) is 28.5 Å². The molecule has 11 heteroatoms. The molecule has 6 nitrogen and oxygen atoms in total. The van der Waals surface area contributed by atoms with Gasteiger partial charge in [0.2, 0.25) is 0 Å². The van der Waals surface area contributed by atoms with Crippen molar-refractivity contribution >= 4 is 16.7 Å². The highest BCUT2D eigenvalue weighted by Crippen LogP contribution is 2.37. The molecule has 0 aromatic heterocycles. The van der Waals surface area contributed by atoms with Gasteiger partial charge in [-0.05, 0) is 73.2 Å². The molecule has 2 aromatic rings. The van der Waals surface area contributed by atoms with Crippen LogP contribution in [0.5, 0.6) is 11.5 Å². The van der Waals surface area contributed by atoms with E-state index in [4.69, 9.17) is 4.74 Å². The van der Waals surface area contributed by atoms with Crippen LogP contribution in [0.25, 0.3) is 0 Å². The summed E-state index contributed by atoms with van der Waals surface area (Å²) < 4.78 is 70.2. The third-order valence-electron chi connectivity index (χ3n) is 7.28. The van der Waals surface area contributed by atoms with E-state index < -0.39 is 29.1 Å². The summed E-state index contributed by atoms with van der Waals surface area (Å²) in [5.74, 6) is -7.69. The summed E-state index contributed by atoms with van der Waals surface area (Å²) in [5, 5.41) is 19.5. The van der Waals surface area contributed by atoms with Crippen molar-refractivity contribution in [3.05, 3.63) is 59.2 Å². The van der Waals surface area contributed by atoms with Crippen molar-refractivity contribution < 1.29 is 41.5 Å². The minimum absolute atomic E-state index is 0.00294. The van der Waals surface area contributed by atoms with Gasteiger partial charge in [-0.3, -0.25) is 9.00 Å². The van der Waals surface area contributed by atoms with Crippen molar-refractivity contribution in [3.8, 4) is 11.5 Å². The quantitative estimate of drug-likeness (QED) is 0.171. The van der Waals surface area contributed by atoms with Crippen molar-refractivity contribution in [2.24, 2.45) is 0 Å². The molecule has 1 aliphatic heterocycles. The molecule has 2 atom stereocenters. The van der Waals surface area contributed by atoms with Crippen molar-refractivity contribution in [1.29, 1.82) is 0 Å². The molecule has 0 spiro atoms. The molecule has 0 saturated carbocycles. The molecule has 41 heavy (non-hydrogen) atoms. The number of carbonyl (C=O) groups excluding carboxylic acids is 1. The normalized spacial score (nSPS) is 16.4. The maximum Gasteiger partial charge on any atom is 0.309 e. The number of carbonyl (C=O) groups is 1. The van der Waals surface area contributed by atoms with Gasteiger partial charge in [-0.2, -0.15) is 8.78 Å². The second-order valence-corrected chi connectivity index (χ2v) is 12.4. The molecule has 0 fully saturated rings. The fourth-order valence-electron chi connectivity index (χ4n) is 4.78. The number of ether oxygens (including phenoxy) is 1. The lowest BCUT2D eigenvalue weighted by Crippen LogP contribution is -2.46. The predicted octanol–water partition coefficient (Wildman–Crippen LogP) is 6.45. The number of fused-ring (bicyclic) bond motifs is 1. The summed E-state index contributed by atoms with van der Waals surface area (Å²) in [5.41, 5.74) is 2.41. The highest BCUT2D eigenvalue weighted by Gasteiger charge is 2.51. The lowest BCUT2D eigenvalue weighted by molar-refractivity contribution is -0.200. The molecule has 0 aliphatic carbocycles. The van der Waals surface area contributed by atoms with Crippen LogP contribution in [0, 0.1) is 0 Å². The van der Waals surface area contributed by atoms with Gasteiger partial charge in [0.1, 0.15) is 11.5 Å². The van der Waals surface area contributed by atoms with Gasteiger partial charge in [0.15, 0.2) is 0 Å². The van der Waals surface area contributed by atoms with E-state index in [1.165, 1.54) is 12.1 Å². The summed E-state index contributed by atoms with van der Waals surface area (Å²) in [4.78, 5) is 15.0. The average molecular weight is 602 g/mol. The molecular formula is C30H39F4NO5S. The summed E-state index contributed by atoms with van der Waals surface area (Å²) in [6, 6.07) is 11.1. The second kappa shape index (κ2) is 15.0. The molecule has 2 aromatic carbocycles. The van der Waals surface area contributed by atoms with Gasteiger partial charge in [0.05, 0.1) is 12.6 Å². The molecule has 1 amide bonds. The van der Waals surface area contributed by atoms with Gasteiger partial charge in [-0.15, -0.1) is 0 Å². The molecular weight excluding hydrogens is 562 g/mol. The Labute approximate surface area is 241 Å². The van der Waals surface area contributed by atoms with Crippen LogP contribution in [0.3, 0.4) is 0 Å². The number of hydrogen-bond acceptors (Lipinski definition) is 5. The third-order valence-corrected chi connectivity index (χ3v) is 8.77. The zero-order valence-electron chi connectivity index (χ0n) is 23.3. The Hall–Kier alpha value is -2.66. The Bertz CT molecular complexity index is 1160. The molecule has 2 unspecified atom stereocenters. The molecule has 1 heterocycles. The number of halogens is 4. The summed E-state index contributed by atoms with van der Waals surface area (Å²) in [6.45, 7) is 1.43. The Morgan fingerprint density at radius 2 is 1.56 bits per heavy atom. The predicted molar refractivity (Wildman–Crippen MR) is 150 cm³/mol. The lowest BCUT2D eigenvalue weighted by atomic mass is 9.93. The first-order valence-electron chi connectivity index (χ1n) is 14.0. The number of hydrogen-bond donors (Lipinski definition) is 2. The van der Waals surface area contributed by atoms with E-state index in [1.807, 2.05) is 6.07 Å². The van der Waals surface area contributed by atoms with Crippen LogP contribution in [0.15, 0.2) is 42.5 Å². The number of amides is 1. The van der Waals surface area contributed by atoms with Gasteiger partial charge < -0.3 is 19.8 Å². The summed E-state index contributed by atoms with van der Waals surface area (Å²) >= 11 is 0. The molecule has 0 bridgehead atoms. The standard InChI is InChI=1S/C30H39F4NO5S/c1-29(31,32)30(33,34)14-7-17-41(39)16-6-4-2-3-5-15-40-21-25-18-24-19-27(37)13-10-23(24)20-35(25)28(38)22-8-11-26(36)12-9-22/h8-13,19,25,36-37H,2-7,14-18,20-21H2,1H3. The first-order valence-corrected chi connectivity index (χ1v) is 15.5. The number of alkyl halides is 4. The highest BCUT2D eigenvalue weighted by molar-refractivity contribution is 7.84. The number of benzene rings is 2. The molecule has 0 radical (unpaired) electrons. The number of nitrogens with zero attached hydrogens (tertiary/aromatic N) is 1. The molecule has 1 aliphatic rings. The number of phenols is 2. The SMILES string of the molecule is CC(F)(F)C(F)(F)CCCS(=O)CCCCCCCOCC1Cc2cc(O)ccc2CN1C(=O)c1ccc(O)cc1. The first kappa shape index (κ1) is 32.8. The van der Waals surface area contributed by atoms with E-state index in [0.717, 1.165) is 36.8 Å². The van der Waals surface area contributed by atoms with Crippen LogP contribution < -0.4 is 0 Å². The zero-order chi connectivity index (χ0) is 30.0. The van der Waals surface area contributed by atoms with Crippen LogP contribution in [0.2, 0.25) is 0 Å². The van der Waals surface area contributed by atoms with Crippen molar-refractivity contribution in [2.75, 3.05) is 24.7 Å². The van der Waals surface area contributed by atoms with Gasteiger partial charge in [-0.1, -0.05) is 25.3 Å². The molecule has 2 N–H and O–H groups in total. The van der Waals surface area contributed by atoms with Crippen molar-refractivity contribution in [1.82, 2.24) is 4.90 Å². The van der Waals surface area contributed by atoms with E-state index in [9.17, 15) is 36.8 Å². The van der Waals surface area contributed by atoms with Gasteiger partial charge in [0, 0.05) is 54.4 Å². The number of unbranched alkanes of at least 4 members (excludes halogenated alkanes) is 4. The molecule has 228 valence electrons. The fraction of sp³-hybridized carbons (Fsp3) is 0.567. The molecule has 0 saturated heterocycles. The fourth-order valence-corrected chi connectivity index (χ4v) is 5.98. The topological polar surface area (TPSA) is 87.1 Å².